The number of fused-ring (bicyclic) bond motifs is 2. The van der Waals surface area contributed by atoms with Gasteiger partial charge in [0.2, 0.25) is 5.69 Å². The molecule has 1 aliphatic carbocycles. The third-order valence-corrected chi connectivity index (χ3v) is 7.61. The van der Waals surface area contributed by atoms with Crippen LogP contribution in [-0.4, -0.2) is 5.60 Å². The minimum atomic E-state index is -0.173. The lowest BCUT2D eigenvalue weighted by Crippen LogP contribution is -2.47. The van der Waals surface area contributed by atoms with Gasteiger partial charge in [0.1, 0.15) is 18.4 Å². The molecule has 0 bridgehead atoms. The number of nitrogens with zero attached hydrogens (tertiary/aromatic N) is 1. The van der Waals surface area contributed by atoms with Crippen molar-refractivity contribution in [2.45, 2.75) is 63.9 Å². The van der Waals surface area contributed by atoms with E-state index in [2.05, 4.69) is 93.2 Å². The van der Waals surface area contributed by atoms with Gasteiger partial charge < -0.3 is 4.74 Å². The Hall–Kier alpha value is -2.61. The lowest BCUT2D eigenvalue weighted by molar-refractivity contribution is -0.660. The highest BCUT2D eigenvalue weighted by molar-refractivity contribution is 5.77. The van der Waals surface area contributed by atoms with Crippen LogP contribution in [-0.2, 0) is 12.5 Å². The molecule has 2 heteroatoms. The standard InChI is InChI=1S/C28H32NO/c1-20-13-14-23-26(30-27(2,3)28(23)16-9-6-10-17-28)25(20)24-19-22(15-18-29(24)4)21-11-7-5-8-12-21/h5,7-8,11-15,18-19H,6,9-10,16-17H2,1-4H3/q+1. The van der Waals surface area contributed by atoms with Gasteiger partial charge in [-0.15, -0.1) is 0 Å². The van der Waals surface area contributed by atoms with Crippen LogP contribution in [0.5, 0.6) is 5.75 Å². The molecule has 0 radical (unpaired) electrons. The quantitative estimate of drug-likeness (QED) is 0.448. The van der Waals surface area contributed by atoms with Gasteiger partial charge in [-0.25, -0.2) is 4.57 Å². The Balaban J connectivity index is 1.71. The van der Waals surface area contributed by atoms with Gasteiger partial charge in [0.05, 0.1) is 5.56 Å². The average molecular weight is 399 g/mol. The van der Waals surface area contributed by atoms with Crippen LogP contribution in [0.1, 0.15) is 57.1 Å². The summed E-state index contributed by atoms with van der Waals surface area (Å²) in [7, 11) is 2.14. The van der Waals surface area contributed by atoms with Crippen molar-refractivity contribution in [3.05, 3.63) is 71.9 Å². The Labute approximate surface area is 180 Å². The molecule has 0 unspecified atom stereocenters. The van der Waals surface area contributed by atoms with Crippen molar-refractivity contribution in [1.82, 2.24) is 0 Å². The number of hydrogen-bond donors (Lipinski definition) is 0. The second kappa shape index (κ2) is 6.97. The molecule has 2 aliphatic rings. The van der Waals surface area contributed by atoms with Gasteiger partial charge in [0.25, 0.3) is 0 Å². The summed E-state index contributed by atoms with van der Waals surface area (Å²) in [5.41, 5.74) is 7.63. The van der Waals surface area contributed by atoms with Crippen molar-refractivity contribution < 1.29 is 9.30 Å². The second-order valence-corrected chi connectivity index (χ2v) is 9.67. The first-order valence-electron chi connectivity index (χ1n) is 11.3. The maximum Gasteiger partial charge on any atom is 0.216 e. The van der Waals surface area contributed by atoms with Gasteiger partial charge in [-0.05, 0) is 50.3 Å². The maximum absolute atomic E-state index is 6.84. The molecule has 1 saturated carbocycles. The van der Waals surface area contributed by atoms with Crippen molar-refractivity contribution in [3.8, 4) is 28.1 Å². The zero-order valence-electron chi connectivity index (χ0n) is 18.7. The first-order valence-corrected chi connectivity index (χ1v) is 11.3. The molecule has 2 heterocycles. The molecule has 0 N–H and O–H groups in total. The summed E-state index contributed by atoms with van der Waals surface area (Å²) < 4.78 is 9.07. The zero-order chi connectivity index (χ0) is 20.9. The van der Waals surface area contributed by atoms with Crippen LogP contribution in [0.4, 0.5) is 0 Å². The SMILES string of the molecule is Cc1ccc2c(c1-c1cc(-c3ccccc3)cc[n+]1C)OC(C)(C)C21CCCCC1. The van der Waals surface area contributed by atoms with E-state index < -0.39 is 0 Å². The fourth-order valence-electron chi connectivity index (χ4n) is 5.81. The highest BCUT2D eigenvalue weighted by Gasteiger charge is 2.55. The first kappa shape index (κ1) is 19.4. The van der Waals surface area contributed by atoms with Gasteiger partial charge in [-0.3, -0.25) is 0 Å². The molecule has 5 rings (SSSR count). The van der Waals surface area contributed by atoms with Crippen LogP contribution in [0.25, 0.3) is 22.4 Å². The number of pyridine rings is 1. The second-order valence-electron chi connectivity index (χ2n) is 9.67. The van der Waals surface area contributed by atoms with Crippen molar-refractivity contribution in [2.75, 3.05) is 0 Å². The molecule has 30 heavy (non-hydrogen) atoms. The van der Waals surface area contributed by atoms with E-state index in [1.54, 1.807) is 0 Å². The Morgan fingerprint density at radius 1 is 0.867 bits per heavy atom. The van der Waals surface area contributed by atoms with E-state index in [4.69, 9.17) is 4.74 Å². The summed E-state index contributed by atoms with van der Waals surface area (Å²) in [5.74, 6) is 1.11. The Bertz CT molecular complexity index is 1090. The van der Waals surface area contributed by atoms with Crippen LogP contribution < -0.4 is 9.30 Å². The summed E-state index contributed by atoms with van der Waals surface area (Å²) in [6.07, 6.45) is 8.57. The third-order valence-electron chi connectivity index (χ3n) is 7.61. The van der Waals surface area contributed by atoms with Crippen molar-refractivity contribution in [1.29, 1.82) is 0 Å². The average Bonchev–Trinajstić information content (AvgIpc) is 2.96. The molecule has 1 fully saturated rings. The fraction of sp³-hybridized carbons (Fsp3) is 0.393. The number of ether oxygens (including phenoxy) is 1. The molecule has 2 aromatic carbocycles. The number of aryl methyl sites for hydroxylation is 2. The summed E-state index contributed by atoms with van der Waals surface area (Å²) in [6, 6.07) is 19.8. The molecule has 154 valence electrons. The van der Waals surface area contributed by atoms with E-state index in [0.717, 1.165) is 5.75 Å². The van der Waals surface area contributed by atoms with Crippen LogP contribution >= 0.6 is 0 Å². The Morgan fingerprint density at radius 3 is 2.33 bits per heavy atom. The maximum atomic E-state index is 6.84. The monoisotopic (exact) mass is 398 g/mol. The van der Waals surface area contributed by atoms with Crippen LogP contribution in [0.2, 0.25) is 0 Å². The van der Waals surface area contributed by atoms with Crippen LogP contribution in [0.15, 0.2) is 60.8 Å². The van der Waals surface area contributed by atoms with Crippen LogP contribution in [0.3, 0.4) is 0 Å². The Kier molecular flexibility index (Phi) is 4.50. The van der Waals surface area contributed by atoms with Crippen molar-refractivity contribution >= 4 is 0 Å². The summed E-state index contributed by atoms with van der Waals surface area (Å²) in [5, 5.41) is 0. The summed E-state index contributed by atoms with van der Waals surface area (Å²) >= 11 is 0. The number of aromatic nitrogens is 1. The van der Waals surface area contributed by atoms with E-state index in [1.165, 1.54) is 65.6 Å². The normalized spacial score (nSPS) is 18.8. The van der Waals surface area contributed by atoms with Gasteiger partial charge in [0.15, 0.2) is 6.20 Å². The molecule has 3 aromatic rings. The Morgan fingerprint density at radius 2 is 1.60 bits per heavy atom. The van der Waals surface area contributed by atoms with Gasteiger partial charge in [0, 0.05) is 23.1 Å². The van der Waals surface area contributed by atoms with E-state index in [-0.39, 0.29) is 11.0 Å². The molecule has 2 nitrogen and oxygen atoms in total. The zero-order valence-corrected chi connectivity index (χ0v) is 18.7. The van der Waals surface area contributed by atoms with Gasteiger partial charge in [-0.2, -0.15) is 0 Å². The third kappa shape index (κ3) is 2.80. The van der Waals surface area contributed by atoms with E-state index in [0.29, 0.717) is 0 Å². The van der Waals surface area contributed by atoms with E-state index in [1.807, 2.05) is 0 Å². The predicted octanol–water partition coefficient (Wildman–Crippen LogP) is 6.53. The highest BCUT2D eigenvalue weighted by atomic mass is 16.5. The lowest BCUT2D eigenvalue weighted by atomic mass is 9.62. The van der Waals surface area contributed by atoms with Crippen molar-refractivity contribution in [2.24, 2.45) is 7.05 Å². The largest absolute Gasteiger partial charge is 0.486 e. The smallest absolute Gasteiger partial charge is 0.216 e. The molecule has 0 atom stereocenters. The molecule has 1 aromatic heterocycles. The van der Waals surface area contributed by atoms with E-state index in [9.17, 15) is 0 Å². The minimum Gasteiger partial charge on any atom is -0.486 e. The van der Waals surface area contributed by atoms with Gasteiger partial charge >= 0.3 is 0 Å². The number of hydrogen-bond acceptors (Lipinski definition) is 1. The lowest BCUT2D eigenvalue weighted by Gasteiger charge is -2.43. The first-order chi connectivity index (χ1) is 14.4. The highest BCUT2D eigenvalue weighted by Crippen LogP contribution is 2.58. The predicted molar refractivity (Wildman–Crippen MR) is 123 cm³/mol. The minimum absolute atomic E-state index is 0.138. The topological polar surface area (TPSA) is 13.1 Å². The summed E-state index contributed by atoms with van der Waals surface area (Å²) in [4.78, 5) is 0. The number of rotatable bonds is 2. The van der Waals surface area contributed by atoms with E-state index >= 15 is 0 Å². The molecule has 1 aliphatic heterocycles. The molecule has 1 spiro atoms. The molecule has 0 amide bonds. The van der Waals surface area contributed by atoms with Gasteiger partial charge in [-0.1, -0.05) is 61.7 Å². The molecule has 0 saturated heterocycles. The van der Waals surface area contributed by atoms with Crippen LogP contribution in [0, 0.1) is 6.92 Å². The fourth-order valence-corrected chi connectivity index (χ4v) is 5.81. The van der Waals surface area contributed by atoms with Crippen molar-refractivity contribution in [3.63, 3.8) is 0 Å². The summed E-state index contributed by atoms with van der Waals surface area (Å²) in [6.45, 7) is 6.82. The molecular formula is C28H32NO+. The molecular weight excluding hydrogens is 366 g/mol. The number of benzene rings is 2.